The monoisotopic (exact) mass is 501 g/mol. The predicted molar refractivity (Wildman–Crippen MR) is 132 cm³/mol. The summed E-state index contributed by atoms with van der Waals surface area (Å²) >= 11 is 0. The highest BCUT2D eigenvalue weighted by Gasteiger charge is 2.57. The molecule has 7 rings (SSSR count). The molecule has 4 heterocycles. The molecule has 0 bridgehead atoms. The lowest BCUT2D eigenvalue weighted by Crippen LogP contribution is -2.45. The van der Waals surface area contributed by atoms with Crippen LogP contribution >= 0.6 is 0 Å². The van der Waals surface area contributed by atoms with Crippen LogP contribution in [0.5, 0.6) is 28.7 Å². The molecular weight excluding hydrogens is 478 g/mol. The van der Waals surface area contributed by atoms with Gasteiger partial charge in [-0.3, -0.25) is 4.79 Å². The Morgan fingerprint density at radius 2 is 1.62 bits per heavy atom. The van der Waals surface area contributed by atoms with E-state index < -0.39 is 5.41 Å². The Morgan fingerprint density at radius 3 is 2.51 bits per heavy atom. The van der Waals surface area contributed by atoms with Crippen molar-refractivity contribution < 1.29 is 33.3 Å². The van der Waals surface area contributed by atoms with Crippen molar-refractivity contribution in [3.8, 4) is 28.7 Å². The van der Waals surface area contributed by atoms with Crippen LogP contribution in [0.4, 0.5) is 16.2 Å². The average molecular weight is 501 g/mol. The van der Waals surface area contributed by atoms with E-state index in [0.29, 0.717) is 54.2 Å². The van der Waals surface area contributed by atoms with Gasteiger partial charge in [0.15, 0.2) is 23.0 Å². The van der Waals surface area contributed by atoms with E-state index >= 15 is 0 Å². The van der Waals surface area contributed by atoms with Crippen molar-refractivity contribution in [2.24, 2.45) is 0 Å². The number of urea groups is 1. The van der Waals surface area contributed by atoms with E-state index in [1.807, 2.05) is 30.3 Å². The molecule has 3 aromatic carbocycles. The van der Waals surface area contributed by atoms with Crippen LogP contribution in [0.1, 0.15) is 11.1 Å². The summed E-state index contributed by atoms with van der Waals surface area (Å²) in [6.45, 7) is 1.85. The van der Waals surface area contributed by atoms with E-state index in [0.717, 1.165) is 16.8 Å². The standard InChI is InChI=1S/C27H23N3O7/c31-25-27(14-35-21-13-24-23(12-18(21)27)36-15-37-24)17-3-1-2-4-19(17)30(25)8-7-28-26(32)29-16-5-6-20-22(11-16)34-10-9-33-20/h1-6,11-13H,7-10,14-15H2,(H2,28,29,32). The number of rotatable bonds is 4. The van der Waals surface area contributed by atoms with Crippen LogP contribution < -0.4 is 39.2 Å². The molecule has 1 unspecified atom stereocenters. The number of amides is 3. The van der Waals surface area contributed by atoms with Crippen LogP contribution in [0.15, 0.2) is 54.6 Å². The minimum Gasteiger partial charge on any atom is -0.491 e. The molecule has 188 valence electrons. The highest BCUT2D eigenvalue weighted by molar-refractivity contribution is 6.11. The molecule has 10 heteroatoms. The zero-order valence-electron chi connectivity index (χ0n) is 19.7. The summed E-state index contributed by atoms with van der Waals surface area (Å²) in [5, 5.41) is 5.64. The fourth-order valence-corrected chi connectivity index (χ4v) is 5.36. The first-order valence-corrected chi connectivity index (χ1v) is 12.1. The number of carbonyl (C=O) groups excluding carboxylic acids is 2. The van der Waals surface area contributed by atoms with Crippen molar-refractivity contribution in [3.05, 3.63) is 65.7 Å². The van der Waals surface area contributed by atoms with Gasteiger partial charge >= 0.3 is 6.03 Å². The van der Waals surface area contributed by atoms with Crippen LogP contribution in [-0.2, 0) is 10.2 Å². The van der Waals surface area contributed by atoms with Crippen LogP contribution in [0.25, 0.3) is 0 Å². The van der Waals surface area contributed by atoms with Gasteiger partial charge in [0.05, 0.1) is 0 Å². The number of hydrogen-bond acceptors (Lipinski definition) is 7. The van der Waals surface area contributed by atoms with E-state index in [1.54, 1.807) is 29.2 Å². The third-order valence-electron chi connectivity index (χ3n) is 7.06. The molecule has 0 radical (unpaired) electrons. The second-order valence-electron chi connectivity index (χ2n) is 9.11. The van der Waals surface area contributed by atoms with Crippen molar-refractivity contribution in [1.82, 2.24) is 5.32 Å². The van der Waals surface area contributed by atoms with Crippen LogP contribution in [-0.4, -0.2) is 51.6 Å². The third kappa shape index (κ3) is 3.32. The zero-order chi connectivity index (χ0) is 25.0. The van der Waals surface area contributed by atoms with Gasteiger partial charge in [0, 0.05) is 42.2 Å². The van der Waals surface area contributed by atoms with Crippen molar-refractivity contribution in [2.45, 2.75) is 5.41 Å². The number of nitrogens with zero attached hydrogens (tertiary/aromatic N) is 1. The number of ether oxygens (including phenoxy) is 5. The quantitative estimate of drug-likeness (QED) is 0.566. The van der Waals surface area contributed by atoms with E-state index in [9.17, 15) is 9.59 Å². The molecule has 0 fully saturated rings. The summed E-state index contributed by atoms with van der Waals surface area (Å²) in [7, 11) is 0. The maximum absolute atomic E-state index is 14.0. The van der Waals surface area contributed by atoms with Crippen LogP contribution in [0.3, 0.4) is 0 Å². The number of nitrogens with one attached hydrogen (secondary N) is 2. The van der Waals surface area contributed by atoms with Gasteiger partial charge in [-0.2, -0.15) is 0 Å². The first-order valence-electron chi connectivity index (χ1n) is 12.1. The highest BCUT2D eigenvalue weighted by atomic mass is 16.7. The normalized spacial score (nSPS) is 19.9. The molecule has 37 heavy (non-hydrogen) atoms. The summed E-state index contributed by atoms with van der Waals surface area (Å²) < 4.78 is 28.1. The number of benzene rings is 3. The molecule has 0 aromatic heterocycles. The van der Waals surface area contributed by atoms with Gasteiger partial charge in [-0.1, -0.05) is 18.2 Å². The first-order chi connectivity index (χ1) is 18.1. The van der Waals surface area contributed by atoms with Gasteiger partial charge in [0.1, 0.15) is 31.0 Å². The van der Waals surface area contributed by atoms with E-state index in [2.05, 4.69) is 10.6 Å². The molecule has 0 saturated heterocycles. The van der Waals surface area contributed by atoms with E-state index in [-0.39, 0.29) is 31.9 Å². The highest BCUT2D eigenvalue weighted by Crippen LogP contribution is 2.54. The maximum atomic E-state index is 14.0. The molecule has 0 aliphatic carbocycles. The lowest BCUT2D eigenvalue weighted by molar-refractivity contribution is -0.122. The Balaban J connectivity index is 1.08. The molecular formula is C27H23N3O7. The number of para-hydroxylation sites is 1. The fraction of sp³-hybridized carbons (Fsp3) is 0.259. The summed E-state index contributed by atoms with van der Waals surface area (Å²) in [5.41, 5.74) is 2.05. The molecule has 4 aliphatic rings. The summed E-state index contributed by atoms with van der Waals surface area (Å²) in [5.74, 6) is 2.98. The van der Waals surface area contributed by atoms with Crippen molar-refractivity contribution in [3.63, 3.8) is 0 Å². The lowest BCUT2D eigenvalue weighted by Gasteiger charge is -2.23. The number of hydrogen-bond donors (Lipinski definition) is 2. The van der Waals surface area contributed by atoms with Crippen molar-refractivity contribution in [2.75, 3.05) is 49.9 Å². The molecule has 10 nitrogen and oxygen atoms in total. The predicted octanol–water partition coefficient (Wildman–Crippen LogP) is 3.03. The minimum absolute atomic E-state index is 0.0969. The second kappa shape index (κ2) is 8.22. The maximum Gasteiger partial charge on any atom is 0.319 e. The van der Waals surface area contributed by atoms with Crippen molar-refractivity contribution in [1.29, 1.82) is 0 Å². The minimum atomic E-state index is -0.972. The number of anilines is 2. The number of fused-ring (bicyclic) bond motifs is 6. The molecule has 2 N–H and O–H groups in total. The third-order valence-corrected chi connectivity index (χ3v) is 7.06. The molecule has 4 aliphatic heterocycles. The molecule has 3 amide bonds. The Labute approximate surface area is 212 Å². The largest absolute Gasteiger partial charge is 0.491 e. The lowest BCUT2D eigenvalue weighted by atomic mass is 9.77. The van der Waals surface area contributed by atoms with Crippen LogP contribution in [0.2, 0.25) is 0 Å². The van der Waals surface area contributed by atoms with Gasteiger partial charge in [0.2, 0.25) is 12.7 Å². The Hall–Kier alpha value is -4.60. The van der Waals surface area contributed by atoms with Gasteiger partial charge in [-0.05, 0) is 29.8 Å². The molecule has 1 spiro atoms. The summed E-state index contributed by atoms with van der Waals surface area (Å²) in [6, 6.07) is 16.2. The second-order valence-corrected chi connectivity index (χ2v) is 9.11. The SMILES string of the molecule is O=C(NCCN1C(=O)C2(COc3cc4c(cc32)OCO4)c2ccccc21)Nc1ccc2c(c1)OCCO2. The molecule has 0 saturated carbocycles. The smallest absolute Gasteiger partial charge is 0.319 e. The topological polar surface area (TPSA) is 108 Å². The Bertz CT molecular complexity index is 1440. The molecule has 3 aromatic rings. The van der Waals surface area contributed by atoms with Crippen molar-refractivity contribution >= 4 is 23.3 Å². The van der Waals surface area contributed by atoms with Gasteiger partial charge in [-0.15, -0.1) is 0 Å². The van der Waals surface area contributed by atoms with Gasteiger partial charge in [0.25, 0.3) is 0 Å². The summed E-state index contributed by atoms with van der Waals surface area (Å²) in [6.07, 6.45) is 0. The van der Waals surface area contributed by atoms with Crippen LogP contribution in [0, 0.1) is 0 Å². The van der Waals surface area contributed by atoms with Gasteiger partial charge in [-0.25, -0.2) is 4.79 Å². The first kappa shape index (κ1) is 21.7. The Kier molecular flexibility index (Phi) is 4.82. The average Bonchev–Trinajstić information content (AvgIpc) is 3.59. The van der Waals surface area contributed by atoms with E-state index in [1.165, 1.54) is 0 Å². The fourth-order valence-electron chi connectivity index (χ4n) is 5.36. The molecule has 1 atom stereocenters. The van der Waals surface area contributed by atoms with E-state index in [4.69, 9.17) is 23.7 Å². The zero-order valence-corrected chi connectivity index (χ0v) is 19.7. The summed E-state index contributed by atoms with van der Waals surface area (Å²) in [4.78, 5) is 28.2. The Morgan fingerprint density at radius 1 is 0.838 bits per heavy atom. The number of carbonyl (C=O) groups is 2. The van der Waals surface area contributed by atoms with Gasteiger partial charge < -0.3 is 39.2 Å².